The second kappa shape index (κ2) is 5.77. The third-order valence-corrected chi connectivity index (χ3v) is 6.38. The lowest BCUT2D eigenvalue weighted by atomic mass is 10.1. The summed E-state index contributed by atoms with van der Waals surface area (Å²) in [5.41, 5.74) is 0.415. The first-order valence-electron chi connectivity index (χ1n) is 7.83. The number of aromatic nitrogens is 2. The van der Waals surface area contributed by atoms with Gasteiger partial charge in [-0.2, -0.15) is 22.6 Å². The molecule has 1 atom stereocenters. The smallest absolute Gasteiger partial charge is 0.274 e. The van der Waals surface area contributed by atoms with E-state index in [1.807, 2.05) is 0 Å². The van der Waals surface area contributed by atoms with Gasteiger partial charge in [0.15, 0.2) is 0 Å². The average molecular weight is 351 g/mol. The molecular weight excluding hydrogens is 331 g/mol. The predicted octanol–water partition coefficient (Wildman–Crippen LogP) is 2.79. The molecule has 1 aromatic rings. The molecule has 1 saturated carbocycles. The van der Waals surface area contributed by atoms with Gasteiger partial charge in [0, 0.05) is 25.7 Å². The number of nitrogens with zero attached hydrogens (tertiary/aromatic N) is 3. The maximum absolute atomic E-state index is 13.4. The molecule has 1 saturated heterocycles. The number of sulfonamides is 1. The highest BCUT2D eigenvalue weighted by atomic mass is 32.2. The molecule has 2 fully saturated rings. The van der Waals surface area contributed by atoms with Crippen molar-refractivity contribution in [3.05, 3.63) is 11.9 Å². The van der Waals surface area contributed by atoms with Crippen LogP contribution in [0.25, 0.3) is 0 Å². The Hall–Kier alpha value is -1.09. The van der Waals surface area contributed by atoms with E-state index in [1.54, 1.807) is 7.05 Å². The van der Waals surface area contributed by atoms with Gasteiger partial charge in [-0.1, -0.05) is 12.8 Å². The summed E-state index contributed by atoms with van der Waals surface area (Å²) in [6.07, 6.45) is -0.280. The van der Waals surface area contributed by atoms with E-state index in [9.17, 15) is 21.6 Å². The first-order chi connectivity index (χ1) is 10.7. The largest absolute Gasteiger partial charge is 0.405 e. The second-order valence-corrected chi connectivity index (χ2v) is 8.21. The normalized spacial score (nSPS) is 24.6. The van der Waals surface area contributed by atoms with Crippen molar-refractivity contribution in [3.8, 4) is 0 Å². The number of hydrogen-bond acceptors (Lipinski definition) is 3. The molecule has 23 heavy (non-hydrogen) atoms. The predicted molar refractivity (Wildman–Crippen MR) is 77.4 cm³/mol. The molecule has 1 unspecified atom stereocenters. The second-order valence-electron chi connectivity index (χ2n) is 6.35. The minimum atomic E-state index is -4.56. The van der Waals surface area contributed by atoms with E-state index in [2.05, 4.69) is 5.10 Å². The van der Waals surface area contributed by atoms with Crippen LogP contribution in [0, 0.1) is 0 Å². The van der Waals surface area contributed by atoms with Crippen LogP contribution in [0.2, 0.25) is 0 Å². The standard InChI is InChI=1S/C14H20F3N3O2S/c1-19-9-11(13(18-19)10-6-7-10)23(21,22)20-8-4-2-3-5-12(20)14(15,16)17/h9-10,12H,2-8H2,1H3. The molecule has 2 aliphatic rings. The molecule has 0 amide bonds. The molecule has 3 rings (SSSR count). The molecule has 0 aromatic carbocycles. The molecule has 0 radical (unpaired) electrons. The Morgan fingerprint density at radius 2 is 1.87 bits per heavy atom. The number of aryl methyl sites for hydroxylation is 1. The highest BCUT2D eigenvalue weighted by molar-refractivity contribution is 7.89. The minimum absolute atomic E-state index is 0.0530. The zero-order valence-corrected chi connectivity index (χ0v) is 13.7. The summed E-state index contributed by atoms with van der Waals surface area (Å²) in [4.78, 5) is -0.0568. The summed E-state index contributed by atoms with van der Waals surface area (Å²) < 4.78 is 68.0. The molecule has 0 bridgehead atoms. The zero-order chi connectivity index (χ0) is 16.8. The van der Waals surface area contributed by atoms with E-state index in [4.69, 9.17) is 0 Å². The molecule has 1 aromatic heterocycles. The van der Waals surface area contributed by atoms with E-state index in [1.165, 1.54) is 10.9 Å². The molecule has 5 nitrogen and oxygen atoms in total. The summed E-state index contributed by atoms with van der Waals surface area (Å²) in [6.45, 7) is -0.0918. The number of rotatable bonds is 3. The van der Waals surface area contributed by atoms with Crippen LogP contribution in [-0.4, -0.2) is 41.3 Å². The summed E-state index contributed by atoms with van der Waals surface area (Å²) in [5, 5.41) is 4.17. The van der Waals surface area contributed by atoms with Crippen LogP contribution in [0.3, 0.4) is 0 Å². The Balaban J connectivity index is 2.02. The van der Waals surface area contributed by atoms with Crippen molar-refractivity contribution in [2.24, 2.45) is 7.05 Å². The summed E-state index contributed by atoms with van der Waals surface area (Å²) in [7, 11) is -2.61. The molecule has 9 heteroatoms. The van der Waals surface area contributed by atoms with Crippen molar-refractivity contribution < 1.29 is 21.6 Å². The van der Waals surface area contributed by atoms with Gasteiger partial charge in [-0.15, -0.1) is 0 Å². The Morgan fingerprint density at radius 1 is 1.17 bits per heavy atom. The molecule has 130 valence electrons. The van der Waals surface area contributed by atoms with Crippen LogP contribution in [-0.2, 0) is 17.1 Å². The quantitative estimate of drug-likeness (QED) is 0.841. The maximum Gasteiger partial charge on any atom is 0.405 e. The summed E-state index contributed by atoms with van der Waals surface area (Å²) >= 11 is 0. The number of hydrogen-bond donors (Lipinski definition) is 0. The third-order valence-electron chi connectivity index (χ3n) is 4.45. The van der Waals surface area contributed by atoms with Crippen molar-refractivity contribution in [2.45, 2.75) is 61.6 Å². The Morgan fingerprint density at radius 3 is 2.48 bits per heavy atom. The lowest BCUT2D eigenvalue weighted by molar-refractivity contribution is -0.171. The monoisotopic (exact) mass is 351 g/mol. The maximum atomic E-state index is 13.4. The van der Waals surface area contributed by atoms with Crippen LogP contribution < -0.4 is 0 Å². The van der Waals surface area contributed by atoms with Gasteiger partial charge >= 0.3 is 6.18 Å². The van der Waals surface area contributed by atoms with Crippen LogP contribution in [0.4, 0.5) is 13.2 Å². The Kier molecular flexibility index (Phi) is 4.20. The molecular formula is C14H20F3N3O2S. The fraction of sp³-hybridized carbons (Fsp3) is 0.786. The molecule has 2 heterocycles. The number of alkyl halides is 3. The van der Waals surface area contributed by atoms with Gasteiger partial charge in [0.05, 0.1) is 5.69 Å². The molecule has 1 aliphatic carbocycles. The van der Waals surface area contributed by atoms with E-state index < -0.39 is 22.2 Å². The van der Waals surface area contributed by atoms with Crippen LogP contribution >= 0.6 is 0 Å². The van der Waals surface area contributed by atoms with E-state index in [0.717, 1.165) is 12.8 Å². The summed E-state index contributed by atoms with van der Waals surface area (Å²) in [5.74, 6) is 0.0530. The van der Waals surface area contributed by atoms with Crippen LogP contribution in [0.1, 0.15) is 50.1 Å². The zero-order valence-electron chi connectivity index (χ0n) is 12.9. The number of halogens is 3. The van der Waals surface area contributed by atoms with Crippen molar-refractivity contribution in [3.63, 3.8) is 0 Å². The fourth-order valence-electron chi connectivity index (χ4n) is 3.15. The fourth-order valence-corrected chi connectivity index (χ4v) is 5.08. The van der Waals surface area contributed by atoms with Gasteiger partial charge < -0.3 is 0 Å². The Bertz CT molecular complexity index is 680. The lowest BCUT2D eigenvalue weighted by Crippen LogP contribution is -2.48. The SMILES string of the molecule is Cn1cc(S(=O)(=O)N2CCCCCC2C(F)(F)F)c(C2CC2)n1. The van der Waals surface area contributed by atoms with E-state index >= 15 is 0 Å². The van der Waals surface area contributed by atoms with Crippen LogP contribution in [0.5, 0.6) is 0 Å². The molecule has 0 spiro atoms. The summed E-state index contributed by atoms with van der Waals surface area (Å²) in [6, 6.07) is -1.94. The Labute approximate surface area is 133 Å². The minimum Gasteiger partial charge on any atom is -0.274 e. The third kappa shape index (κ3) is 3.26. The van der Waals surface area contributed by atoms with Gasteiger partial charge in [0.25, 0.3) is 0 Å². The van der Waals surface area contributed by atoms with Gasteiger partial charge in [0.1, 0.15) is 10.9 Å². The highest BCUT2D eigenvalue weighted by Gasteiger charge is 2.49. The highest BCUT2D eigenvalue weighted by Crippen LogP contribution is 2.43. The first kappa shape index (κ1) is 16.8. The van der Waals surface area contributed by atoms with Crippen molar-refractivity contribution in [1.82, 2.24) is 14.1 Å². The van der Waals surface area contributed by atoms with Gasteiger partial charge in [-0.3, -0.25) is 4.68 Å². The van der Waals surface area contributed by atoms with Gasteiger partial charge in [-0.05, 0) is 25.7 Å². The average Bonchev–Trinajstić information content (AvgIpc) is 3.23. The topological polar surface area (TPSA) is 55.2 Å². The van der Waals surface area contributed by atoms with E-state index in [-0.39, 0.29) is 23.8 Å². The van der Waals surface area contributed by atoms with E-state index in [0.29, 0.717) is 29.3 Å². The molecule has 1 aliphatic heterocycles. The molecule has 0 N–H and O–H groups in total. The first-order valence-corrected chi connectivity index (χ1v) is 9.27. The lowest BCUT2D eigenvalue weighted by Gasteiger charge is -2.30. The van der Waals surface area contributed by atoms with Crippen molar-refractivity contribution >= 4 is 10.0 Å². The van der Waals surface area contributed by atoms with Crippen molar-refractivity contribution in [2.75, 3.05) is 6.54 Å². The van der Waals surface area contributed by atoms with Crippen molar-refractivity contribution in [1.29, 1.82) is 0 Å². The van der Waals surface area contributed by atoms with Gasteiger partial charge in [-0.25, -0.2) is 8.42 Å². The van der Waals surface area contributed by atoms with Crippen LogP contribution in [0.15, 0.2) is 11.1 Å². The van der Waals surface area contributed by atoms with Gasteiger partial charge in [0.2, 0.25) is 10.0 Å².